The average molecular weight is 300 g/mol. The van der Waals surface area contributed by atoms with Crippen LogP contribution in [0.4, 0.5) is 0 Å². The van der Waals surface area contributed by atoms with Gasteiger partial charge >= 0.3 is 0 Å². The summed E-state index contributed by atoms with van der Waals surface area (Å²) < 4.78 is 11.5. The molecule has 0 N–H and O–H groups in total. The van der Waals surface area contributed by atoms with Crippen molar-refractivity contribution < 1.29 is 9.47 Å². The summed E-state index contributed by atoms with van der Waals surface area (Å²) >= 11 is 5.01. The van der Waals surface area contributed by atoms with Crippen LogP contribution in [0.15, 0.2) is 27.5 Å². The van der Waals surface area contributed by atoms with Gasteiger partial charge in [-0.3, -0.25) is 0 Å². The van der Waals surface area contributed by atoms with Crippen molar-refractivity contribution in [3.63, 3.8) is 0 Å². The molecular weight excluding hydrogens is 290 g/mol. The minimum Gasteiger partial charge on any atom is -0.497 e. The van der Waals surface area contributed by atoms with Gasteiger partial charge in [-0.05, 0) is 34.1 Å². The summed E-state index contributed by atoms with van der Waals surface area (Å²) in [4.78, 5) is 4.31. The highest BCUT2D eigenvalue weighted by Gasteiger charge is 2.12. The lowest BCUT2D eigenvalue weighted by Crippen LogP contribution is -1.90. The summed E-state index contributed by atoms with van der Waals surface area (Å²) in [5.74, 6) is 1.57. The van der Waals surface area contributed by atoms with Crippen LogP contribution in [-0.2, 0) is 0 Å². The minimum atomic E-state index is 0.785. The molecule has 2 rings (SSSR count). The molecule has 0 bridgehead atoms. The molecule has 16 heavy (non-hydrogen) atoms. The molecule has 1 heterocycles. The van der Waals surface area contributed by atoms with Crippen molar-refractivity contribution in [3.05, 3.63) is 27.5 Å². The predicted octanol–water partition coefficient (Wildman–Crippen LogP) is 3.59. The van der Waals surface area contributed by atoms with Crippen molar-refractivity contribution in [2.75, 3.05) is 14.2 Å². The van der Waals surface area contributed by atoms with E-state index in [4.69, 9.17) is 9.47 Å². The van der Waals surface area contributed by atoms with E-state index in [0.717, 1.165) is 26.5 Å². The molecule has 84 valence electrons. The minimum absolute atomic E-state index is 0.785. The molecule has 0 saturated carbocycles. The van der Waals surface area contributed by atoms with Gasteiger partial charge in [0.2, 0.25) is 0 Å². The molecule has 0 atom stereocenters. The van der Waals surface area contributed by atoms with Gasteiger partial charge in [0.05, 0.1) is 29.2 Å². The largest absolute Gasteiger partial charge is 0.497 e. The van der Waals surface area contributed by atoms with Crippen LogP contribution >= 0.6 is 27.3 Å². The summed E-state index contributed by atoms with van der Waals surface area (Å²) in [5, 5.41) is 0. The number of benzene rings is 1. The van der Waals surface area contributed by atoms with Crippen LogP contribution < -0.4 is 9.47 Å². The first-order chi connectivity index (χ1) is 7.76. The summed E-state index contributed by atoms with van der Waals surface area (Å²) in [6, 6.07) is 5.65. The Morgan fingerprint density at radius 3 is 2.62 bits per heavy atom. The van der Waals surface area contributed by atoms with E-state index >= 15 is 0 Å². The van der Waals surface area contributed by atoms with Crippen LogP contribution in [0.5, 0.6) is 11.5 Å². The molecule has 5 heteroatoms. The van der Waals surface area contributed by atoms with E-state index < -0.39 is 0 Å². The van der Waals surface area contributed by atoms with Crippen LogP contribution in [0.3, 0.4) is 0 Å². The standard InChI is InChI=1S/C11H10BrNO2S/c1-14-7-3-4-9(15-2)8(5-7)10-11(12)16-6-13-10/h3-6H,1-2H3. The van der Waals surface area contributed by atoms with E-state index in [-0.39, 0.29) is 0 Å². The summed E-state index contributed by atoms with van der Waals surface area (Å²) in [6.07, 6.45) is 0. The predicted molar refractivity (Wildman–Crippen MR) is 68.4 cm³/mol. The topological polar surface area (TPSA) is 31.4 Å². The van der Waals surface area contributed by atoms with Crippen molar-refractivity contribution in [3.8, 4) is 22.8 Å². The highest BCUT2D eigenvalue weighted by Crippen LogP contribution is 2.37. The molecule has 0 amide bonds. The second kappa shape index (κ2) is 4.84. The number of rotatable bonds is 3. The second-order valence-electron chi connectivity index (χ2n) is 3.04. The fourth-order valence-corrected chi connectivity index (χ4v) is 2.50. The number of halogens is 1. The molecule has 0 radical (unpaired) electrons. The van der Waals surface area contributed by atoms with Gasteiger partial charge in [0.1, 0.15) is 11.5 Å². The van der Waals surface area contributed by atoms with E-state index in [1.165, 1.54) is 0 Å². The van der Waals surface area contributed by atoms with E-state index in [1.54, 1.807) is 31.1 Å². The van der Waals surface area contributed by atoms with E-state index in [9.17, 15) is 0 Å². The Balaban J connectivity index is 2.57. The number of thiazole rings is 1. The fourth-order valence-electron chi connectivity index (χ4n) is 1.41. The van der Waals surface area contributed by atoms with Crippen molar-refractivity contribution in [1.29, 1.82) is 0 Å². The van der Waals surface area contributed by atoms with Gasteiger partial charge in [0.25, 0.3) is 0 Å². The first kappa shape index (κ1) is 11.4. The summed E-state index contributed by atoms with van der Waals surface area (Å²) in [6.45, 7) is 0. The average Bonchev–Trinajstić information content (AvgIpc) is 2.74. The zero-order valence-corrected chi connectivity index (χ0v) is 11.3. The molecule has 0 fully saturated rings. The molecule has 1 aromatic carbocycles. The van der Waals surface area contributed by atoms with Gasteiger partial charge in [0.15, 0.2) is 0 Å². The molecule has 0 unspecified atom stereocenters. The molecule has 0 aliphatic rings. The van der Waals surface area contributed by atoms with Gasteiger partial charge in [0, 0.05) is 5.56 Å². The van der Waals surface area contributed by atoms with Crippen molar-refractivity contribution in [1.82, 2.24) is 4.98 Å². The third-order valence-corrected chi connectivity index (χ3v) is 3.73. The Hall–Kier alpha value is -1.07. The van der Waals surface area contributed by atoms with Gasteiger partial charge < -0.3 is 9.47 Å². The first-order valence-electron chi connectivity index (χ1n) is 4.57. The Morgan fingerprint density at radius 2 is 2.06 bits per heavy atom. The van der Waals surface area contributed by atoms with Crippen LogP contribution in [0, 0.1) is 0 Å². The highest BCUT2D eigenvalue weighted by molar-refractivity contribution is 9.11. The van der Waals surface area contributed by atoms with Gasteiger partial charge in [-0.2, -0.15) is 0 Å². The molecule has 0 spiro atoms. The van der Waals surface area contributed by atoms with Crippen LogP contribution in [0.25, 0.3) is 11.3 Å². The Morgan fingerprint density at radius 1 is 1.25 bits per heavy atom. The lowest BCUT2D eigenvalue weighted by atomic mass is 10.1. The van der Waals surface area contributed by atoms with Crippen LogP contribution in [0.2, 0.25) is 0 Å². The lowest BCUT2D eigenvalue weighted by Gasteiger charge is -2.08. The summed E-state index contributed by atoms with van der Waals surface area (Å²) in [5.41, 5.74) is 3.59. The summed E-state index contributed by atoms with van der Waals surface area (Å²) in [7, 11) is 3.28. The molecule has 0 aliphatic carbocycles. The first-order valence-corrected chi connectivity index (χ1v) is 6.25. The van der Waals surface area contributed by atoms with Crippen LogP contribution in [0.1, 0.15) is 0 Å². The van der Waals surface area contributed by atoms with Crippen molar-refractivity contribution in [2.45, 2.75) is 0 Å². The third-order valence-electron chi connectivity index (χ3n) is 2.19. The lowest BCUT2D eigenvalue weighted by molar-refractivity contribution is 0.404. The number of ether oxygens (including phenoxy) is 2. The maximum Gasteiger partial charge on any atom is 0.128 e. The number of hydrogen-bond donors (Lipinski definition) is 0. The quantitative estimate of drug-likeness (QED) is 0.868. The van der Waals surface area contributed by atoms with Crippen molar-refractivity contribution in [2.24, 2.45) is 0 Å². The van der Waals surface area contributed by atoms with Gasteiger partial charge in [-0.15, -0.1) is 11.3 Å². The molecule has 3 nitrogen and oxygen atoms in total. The molecule has 2 aromatic rings. The number of hydrogen-bond acceptors (Lipinski definition) is 4. The maximum absolute atomic E-state index is 5.31. The Kier molecular flexibility index (Phi) is 3.46. The number of nitrogens with zero attached hydrogens (tertiary/aromatic N) is 1. The highest BCUT2D eigenvalue weighted by atomic mass is 79.9. The molecular formula is C11H10BrNO2S. The van der Waals surface area contributed by atoms with Crippen molar-refractivity contribution >= 4 is 27.3 Å². The number of aromatic nitrogens is 1. The Bertz CT molecular complexity index is 498. The molecule has 0 saturated heterocycles. The SMILES string of the molecule is COc1ccc(OC)c(-c2ncsc2Br)c1. The zero-order valence-electron chi connectivity index (χ0n) is 8.86. The Labute approximate surface area is 106 Å². The monoisotopic (exact) mass is 299 g/mol. The van der Waals surface area contributed by atoms with E-state index in [2.05, 4.69) is 20.9 Å². The van der Waals surface area contributed by atoms with E-state index in [1.807, 2.05) is 18.2 Å². The normalized spacial score (nSPS) is 10.2. The van der Waals surface area contributed by atoms with E-state index in [0.29, 0.717) is 0 Å². The molecule has 0 aliphatic heterocycles. The van der Waals surface area contributed by atoms with Crippen LogP contribution in [-0.4, -0.2) is 19.2 Å². The van der Waals surface area contributed by atoms with Gasteiger partial charge in [-0.25, -0.2) is 4.98 Å². The number of methoxy groups -OCH3 is 2. The maximum atomic E-state index is 5.31. The smallest absolute Gasteiger partial charge is 0.128 e. The zero-order chi connectivity index (χ0) is 11.5. The molecule has 1 aromatic heterocycles. The third kappa shape index (κ3) is 2.05. The second-order valence-corrected chi connectivity index (χ2v) is 5.21. The van der Waals surface area contributed by atoms with Gasteiger partial charge in [-0.1, -0.05) is 0 Å². The fraction of sp³-hybridized carbons (Fsp3) is 0.182.